The monoisotopic (exact) mass is 308 g/mol. The van der Waals surface area contributed by atoms with E-state index < -0.39 is 0 Å². The molecule has 0 unspecified atom stereocenters. The van der Waals surface area contributed by atoms with Crippen molar-refractivity contribution in [3.63, 3.8) is 0 Å². The molecule has 3 rings (SSSR count). The second-order valence-electron chi connectivity index (χ2n) is 4.00. The molecule has 0 atom stereocenters. The van der Waals surface area contributed by atoms with Crippen molar-refractivity contribution >= 4 is 17.3 Å². The minimum Gasteiger partial charge on any atom is -0.298 e. The lowest BCUT2D eigenvalue weighted by atomic mass is 10.2. The van der Waals surface area contributed by atoms with Gasteiger partial charge in [0.15, 0.2) is 6.29 Å². The van der Waals surface area contributed by atoms with Crippen molar-refractivity contribution in [2.24, 2.45) is 0 Å². The van der Waals surface area contributed by atoms with Crippen molar-refractivity contribution in [2.75, 3.05) is 0 Å². The van der Waals surface area contributed by atoms with Gasteiger partial charge in [-0.15, -0.1) is 0 Å². The summed E-state index contributed by atoms with van der Waals surface area (Å²) < 4.78 is 1.81. The quantitative estimate of drug-likeness (QED) is 0.666. The molecular formula is C18H20N4O. The highest BCUT2D eigenvalue weighted by atomic mass is 16.1. The largest absolute Gasteiger partial charge is 0.298 e. The first-order valence-corrected chi connectivity index (χ1v) is 7.60. The average Bonchev–Trinajstić information content (AvgIpc) is 3.08. The van der Waals surface area contributed by atoms with Gasteiger partial charge in [0.2, 0.25) is 0 Å². The summed E-state index contributed by atoms with van der Waals surface area (Å²) in [7, 11) is 0. The smallest absolute Gasteiger partial charge is 0.151 e. The summed E-state index contributed by atoms with van der Waals surface area (Å²) in [5, 5.41) is 9.62. The number of fused-ring (bicyclic) bond motifs is 1. The fourth-order valence-corrected chi connectivity index (χ4v) is 1.88. The van der Waals surface area contributed by atoms with Crippen LogP contribution >= 0.6 is 0 Å². The highest BCUT2D eigenvalue weighted by Crippen LogP contribution is 2.18. The molecule has 0 aromatic carbocycles. The number of aromatic nitrogens is 3. The molecule has 0 amide bonds. The molecule has 3 aromatic rings. The van der Waals surface area contributed by atoms with Crippen molar-refractivity contribution < 1.29 is 4.79 Å². The highest BCUT2D eigenvalue weighted by molar-refractivity contribution is 5.85. The Bertz CT molecular complexity index is 798. The zero-order valence-electron chi connectivity index (χ0n) is 13.8. The van der Waals surface area contributed by atoms with Crippen molar-refractivity contribution in [3.05, 3.63) is 54.0 Å². The van der Waals surface area contributed by atoms with E-state index in [-0.39, 0.29) is 0 Å². The van der Waals surface area contributed by atoms with Crippen molar-refractivity contribution in [1.82, 2.24) is 14.5 Å². The third-order valence-corrected chi connectivity index (χ3v) is 2.81. The predicted molar refractivity (Wildman–Crippen MR) is 91.7 cm³/mol. The lowest BCUT2D eigenvalue weighted by molar-refractivity contribution is 0.112. The van der Waals surface area contributed by atoms with Crippen LogP contribution in [0.25, 0.3) is 16.9 Å². The average molecular weight is 308 g/mol. The van der Waals surface area contributed by atoms with Gasteiger partial charge in [0.05, 0.1) is 5.56 Å². The third-order valence-electron chi connectivity index (χ3n) is 2.81. The lowest BCUT2D eigenvalue weighted by Gasteiger charge is -2.03. The molecule has 0 saturated carbocycles. The molecule has 0 saturated heterocycles. The first-order valence-electron chi connectivity index (χ1n) is 7.60. The van der Waals surface area contributed by atoms with E-state index in [1.165, 1.54) is 12.4 Å². The molecule has 0 aliphatic heterocycles. The van der Waals surface area contributed by atoms with Crippen LogP contribution in [0.4, 0.5) is 0 Å². The first kappa shape index (κ1) is 18.1. The summed E-state index contributed by atoms with van der Waals surface area (Å²) >= 11 is 0. The second-order valence-corrected chi connectivity index (χ2v) is 4.00. The molecule has 3 aromatic heterocycles. The van der Waals surface area contributed by atoms with E-state index in [4.69, 9.17) is 5.26 Å². The van der Waals surface area contributed by atoms with Gasteiger partial charge in [-0.1, -0.05) is 27.7 Å². The summed E-state index contributed by atoms with van der Waals surface area (Å²) in [4.78, 5) is 19.2. The molecule has 0 aliphatic rings. The first-order chi connectivity index (χ1) is 11.3. The van der Waals surface area contributed by atoms with E-state index in [9.17, 15) is 4.79 Å². The van der Waals surface area contributed by atoms with Gasteiger partial charge in [-0.25, -0.2) is 9.97 Å². The fourth-order valence-electron chi connectivity index (χ4n) is 1.88. The summed E-state index contributed by atoms with van der Waals surface area (Å²) in [5.74, 6) is 0.681. The topological polar surface area (TPSA) is 71.6 Å². The number of nitrogens with zero attached hydrogens (tertiary/aromatic N) is 4. The molecule has 23 heavy (non-hydrogen) atoms. The van der Waals surface area contributed by atoms with Gasteiger partial charge in [0.25, 0.3) is 0 Å². The number of hydrogen-bond acceptors (Lipinski definition) is 4. The van der Waals surface area contributed by atoms with Gasteiger partial charge in [-0.05, 0) is 24.3 Å². The molecule has 118 valence electrons. The SMILES string of the molecule is CC.CC.N#Cc1ccc(-n2ccc3cc(C=O)cnc32)nc1. The van der Waals surface area contributed by atoms with Crippen LogP contribution in [0.2, 0.25) is 0 Å². The van der Waals surface area contributed by atoms with E-state index in [1.807, 2.05) is 50.6 Å². The van der Waals surface area contributed by atoms with Crippen LogP contribution in [0.1, 0.15) is 43.6 Å². The molecule has 0 fully saturated rings. The Morgan fingerprint density at radius 1 is 1.09 bits per heavy atom. The van der Waals surface area contributed by atoms with Gasteiger partial charge in [0.1, 0.15) is 17.5 Å². The summed E-state index contributed by atoms with van der Waals surface area (Å²) in [6, 6.07) is 9.13. The van der Waals surface area contributed by atoms with Crippen molar-refractivity contribution in [2.45, 2.75) is 27.7 Å². The Kier molecular flexibility index (Phi) is 7.15. The molecule has 0 aliphatic carbocycles. The third kappa shape index (κ3) is 4.01. The fraction of sp³-hybridized carbons (Fsp3) is 0.222. The van der Waals surface area contributed by atoms with Crippen molar-refractivity contribution in [3.8, 4) is 11.9 Å². The minimum atomic E-state index is 0.511. The Balaban J connectivity index is 0.000000615. The Morgan fingerprint density at radius 3 is 2.39 bits per heavy atom. The van der Waals surface area contributed by atoms with Gasteiger partial charge in [-0.2, -0.15) is 5.26 Å². The predicted octanol–water partition coefficient (Wildman–Crippen LogP) is 4.16. The summed E-state index contributed by atoms with van der Waals surface area (Å²) in [6.07, 6.45) is 5.64. The number of hydrogen-bond donors (Lipinski definition) is 0. The molecule has 5 nitrogen and oxygen atoms in total. The zero-order valence-corrected chi connectivity index (χ0v) is 13.8. The standard InChI is InChI=1S/C14H8N4O.2C2H6/c15-6-10-1-2-13(16-7-10)18-4-3-12-5-11(9-19)8-17-14(12)18;2*1-2/h1-5,7-9H;2*1-2H3. The number of rotatable bonds is 2. The van der Waals surface area contributed by atoms with Crippen LogP contribution in [0.5, 0.6) is 0 Å². The number of aldehydes is 1. The van der Waals surface area contributed by atoms with Crippen LogP contribution in [0.15, 0.2) is 42.9 Å². The normalized spacial score (nSPS) is 9.00. The molecular weight excluding hydrogens is 288 g/mol. The maximum Gasteiger partial charge on any atom is 0.151 e. The second kappa shape index (κ2) is 9.11. The number of pyridine rings is 2. The maximum atomic E-state index is 10.7. The Morgan fingerprint density at radius 2 is 1.83 bits per heavy atom. The van der Waals surface area contributed by atoms with Crippen LogP contribution in [0, 0.1) is 11.3 Å². The van der Waals surface area contributed by atoms with E-state index in [1.54, 1.807) is 18.2 Å². The van der Waals surface area contributed by atoms with E-state index in [0.29, 0.717) is 16.9 Å². The summed E-state index contributed by atoms with van der Waals surface area (Å²) in [5.41, 5.74) is 1.78. The zero-order chi connectivity index (χ0) is 17.2. The van der Waals surface area contributed by atoms with Crippen LogP contribution in [0.3, 0.4) is 0 Å². The molecule has 5 heteroatoms. The van der Waals surface area contributed by atoms with E-state index in [0.717, 1.165) is 17.3 Å². The van der Waals surface area contributed by atoms with E-state index in [2.05, 4.69) is 9.97 Å². The minimum absolute atomic E-state index is 0.511. The lowest BCUT2D eigenvalue weighted by Crippen LogP contribution is -1.97. The van der Waals surface area contributed by atoms with Crippen molar-refractivity contribution in [1.29, 1.82) is 5.26 Å². The van der Waals surface area contributed by atoms with Gasteiger partial charge in [0, 0.05) is 29.5 Å². The number of carbonyl (C=O) groups excluding carboxylic acids is 1. The number of carbonyl (C=O) groups is 1. The Labute approximate surface area is 136 Å². The van der Waals surface area contributed by atoms with Gasteiger partial charge >= 0.3 is 0 Å². The van der Waals surface area contributed by atoms with Crippen LogP contribution < -0.4 is 0 Å². The highest BCUT2D eigenvalue weighted by Gasteiger charge is 2.06. The summed E-state index contributed by atoms with van der Waals surface area (Å²) in [6.45, 7) is 8.00. The molecule has 0 spiro atoms. The van der Waals surface area contributed by atoms with Gasteiger partial charge in [-0.3, -0.25) is 9.36 Å². The van der Waals surface area contributed by atoms with Crippen LogP contribution in [-0.4, -0.2) is 20.8 Å². The molecule has 0 radical (unpaired) electrons. The molecule has 3 heterocycles. The maximum absolute atomic E-state index is 10.7. The van der Waals surface area contributed by atoms with Crippen LogP contribution in [-0.2, 0) is 0 Å². The molecule has 0 bridgehead atoms. The van der Waals surface area contributed by atoms with E-state index >= 15 is 0 Å². The number of nitriles is 1. The Hall–Kier alpha value is -3.00. The molecule has 0 N–H and O–H groups in total. The van der Waals surface area contributed by atoms with Gasteiger partial charge < -0.3 is 0 Å².